The topological polar surface area (TPSA) is 57.6 Å². The fourth-order valence-electron chi connectivity index (χ4n) is 3.09. The van der Waals surface area contributed by atoms with E-state index in [4.69, 9.17) is 5.11 Å². The highest BCUT2D eigenvalue weighted by molar-refractivity contribution is 5.83. The van der Waals surface area contributed by atoms with Crippen LogP contribution >= 0.6 is 0 Å². The Morgan fingerprint density at radius 2 is 1.60 bits per heavy atom. The molecule has 1 saturated heterocycles. The lowest BCUT2D eigenvalue weighted by molar-refractivity contribution is -0.153. The fraction of sp³-hybridized carbons (Fsp3) is 0.857. The van der Waals surface area contributed by atoms with E-state index in [1.54, 1.807) is 11.8 Å². The van der Waals surface area contributed by atoms with Gasteiger partial charge in [0, 0.05) is 31.3 Å². The number of halogens is 2. The smallest absolute Gasteiger partial charge is 0.306 e. The molecule has 0 bridgehead atoms. The average Bonchev–Trinajstić information content (AvgIpc) is 2.42. The number of amides is 1. The van der Waals surface area contributed by atoms with E-state index in [1.807, 2.05) is 0 Å². The third kappa shape index (κ3) is 3.10. The van der Waals surface area contributed by atoms with Gasteiger partial charge in [-0.05, 0) is 25.7 Å². The van der Waals surface area contributed by atoms with Gasteiger partial charge in [-0.2, -0.15) is 0 Å². The van der Waals surface area contributed by atoms with Crippen molar-refractivity contribution in [1.29, 1.82) is 0 Å². The first-order valence-corrected chi connectivity index (χ1v) is 7.14. The van der Waals surface area contributed by atoms with Crippen molar-refractivity contribution >= 4 is 11.9 Å². The summed E-state index contributed by atoms with van der Waals surface area (Å²) in [5.74, 6) is -3.93. The molecule has 1 saturated carbocycles. The van der Waals surface area contributed by atoms with Crippen molar-refractivity contribution in [2.24, 2.45) is 11.3 Å². The van der Waals surface area contributed by atoms with Crippen LogP contribution in [-0.2, 0) is 9.59 Å². The molecular weight excluding hydrogens is 268 g/mol. The summed E-state index contributed by atoms with van der Waals surface area (Å²) in [7, 11) is 0. The normalized spacial score (nSPS) is 26.2. The van der Waals surface area contributed by atoms with E-state index in [2.05, 4.69) is 0 Å². The summed E-state index contributed by atoms with van der Waals surface area (Å²) in [6.45, 7) is 2.59. The molecule has 2 rings (SSSR count). The second kappa shape index (κ2) is 5.30. The van der Waals surface area contributed by atoms with E-state index < -0.39 is 17.3 Å². The maximum Gasteiger partial charge on any atom is 0.306 e. The third-order valence-corrected chi connectivity index (χ3v) is 4.73. The second-order valence-corrected chi connectivity index (χ2v) is 6.32. The van der Waals surface area contributed by atoms with Gasteiger partial charge in [0.25, 0.3) is 0 Å². The van der Waals surface area contributed by atoms with Crippen LogP contribution in [0.3, 0.4) is 0 Å². The van der Waals surface area contributed by atoms with E-state index in [0.717, 1.165) is 0 Å². The Kier molecular flexibility index (Phi) is 4.02. The molecule has 0 spiro atoms. The second-order valence-electron chi connectivity index (χ2n) is 6.32. The van der Waals surface area contributed by atoms with Crippen molar-refractivity contribution in [3.63, 3.8) is 0 Å². The monoisotopic (exact) mass is 289 g/mol. The number of alkyl halides is 2. The van der Waals surface area contributed by atoms with Crippen LogP contribution in [0.5, 0.6) is 0 Å². The van der Waals surface area contributed by atoms with Crippen LogP contribution in [0.1, 0.15) is 45.4 Å². The van der Waals surface area contributed by atoms with Gasteiger partial charge in [-0.15, -0.1) is 0 Å². The highest BCUT2D eigenvalue weighted by atomic mass is 19.3. The van der Waals surface area contributed by atoms with E-state index in [1.165, 1.54) is 0 Å². The quantitative estimate of drug-likeness (QED) is 0.850. The van der Waals surface area contributed by atoms with Crippen LogP contribution in [0.4, 0.5) is 8.78 Å². The largest absolute Gasteiger partial charge is 0.481 e. The summed E-state index contributed by atoms with van der Waals surface area (Å²) >= 11 is 0. The number of carbonyl (C=O) groups excluding carboxylic acids is 1. The fourth-order valence-corrected chi connectivity index (χ4v) is 3.09. The molecule has 0 unspecified atom stereocenters. The molecule has 0 aromatic heterocycles. The predicted octanol–water partition coefficient (Wildman–Crippen LogP) is 2.53. The standard InChI is InChI=1S/C14H21F2NO3/c1-13(4-6-14(15,16)7-5-13)12(20)17-8-2-10(3-9-17)11(18)19/h10H,2-9H2,1H3,(H,18,19). The Morgan fingerprint density at radius 1 is 1.10 bits per heavy atom. The summed E-state index contributed by atoms with van der Waals surface area (Å²) < 4.78 is 26.4. The van der Waals surface area contributed by atoms with Gasteiger partial charge in [-0.1, -0.05) is 6.92 Å². The van der Waals surface area contributed by atoms with Crippen LogP contribution in [-0.4, -0.2) is 40.9 Å². The molecule has 0 atom stereocenters. The SMILES string of the molecule is CC1(C(=O)N2CCC(C(=O)O)CC2)CCC(F)(F)CC1. The molecule has 0 aromatic rings. The van der Waals surface area contributed by atoms with E-state index >= 15 is 0 Å². The van der Waals surface area contributed by atoms with Crippen LogP contribution in [0.25, 0.3) is 0 Å². The molecular formula is C14H21F2NO3. The molecule has 1 amide bonds. The lowest BCUT2D eigenvalue weighted by Crippen LogP contribution is -2.49. The Bertz CT molecular complexity index is 393. The van der Waals surface area contributed by atoms with Crippen LogP contribution in [0, 0.1) is 11.3 Å². The van der Waals surface area contributed by atoms with Crippen molar-refractivity contribution in [1.82, 2.24) is 4.90 Å². The molecule has 1 aliphatic carbocycles. The number of hydrogen-bond acceptors (Lipinski definition) is 2. The summed E-state index contributed by atoms with van der Waals surface area (Å²) in [6.07, 6.45) is 0.845. The maximum absolute atomic E-state index is 13.2. The highest BCUT2D eigenvalue weighted by Gasteiger charge is 2.46. The Hall–Kier alpha value is -1.20. The van der Waals surface area contributed by atoms with Gasteiger partial charge in [-0.3, -0.25) is 9.59 Å². The Morgan fingerprint density at radius 3 is 2.05 bits per heavy atom. The van der Waals surface area contributed by atoms with Crippen molar-refractivity contribution in [3.8, 4) is 0 Å². The number of carboxylic acids is 1. The Balaban J connectivity index is 1.94. The lowest BCUT2D eigenvalue weighted by atomic mass is 9.73. The van der Waals surface area contributed by atoms with Crippen LogP contribution in [0.2, 0.25) is 0 Å². The highest BCUT2D eigenvalue weighted by Crippen LogP contribution is 2.44. The molecule has 0 aromatic carbocycles. The third-order valence-electron chi connectivity index (χ3n) is 4.73. The van der Waals surface area contributed by atoms with Gasteiger partial charge < -0.3 is 10.0 Å². The van der Waals surface area contributed by atoms with Gasteiger partial charge >= 0.3 is 5.97 Å². The molecule has 1 aliphatic heterocycles. The van der Waals surface area contributed by atoms with Gasteiger partial charge in [0.1, 0.15) is 0 Å². The summed E-state index contributed by atoms with van der Waals surface area (Å²) in [5.41, 5.74) is -0.711. The van der Waals surface area contributed by atoms with Gasteiger partial charge in [0.2, 0.25) is 11.8 Å². The molecule has 6 heteroatoms. The maximum atomic E-state index is 13.2. The molecule has 2 aliphatic rings. The minimum atomic E-state index is -2.64. The first-order valence-electron chi connectivity index (χ1n) is 7.14. The number of hydrogen-bond donors (Lipinski definition) is 1. The molecule has 1 N–H and O–H groups in total. The number of likely N-dealkylation sites (tertiary alicyclic amines) is 1. The minimum Gasteiger partial charge on any atom is -0.481 e. The zero-order valence-electron chi connectivity index (χ0n) is 11.7. The number of rotatable bonds is 2. The van der Waals surface area contributed by atoms with Crippen molar-refractivity contribution < 1.29 is 23.5 Å². The molecule has 4 nitrogen and oxygen atoms in total. The van der Waals surface area contributed by atoms with Gasteiger partial charge in [-0.25, -0.2) is 8.78 Å². The van der Waals surface area contributed by atoms with Crippen molar-refractivity contribution in [2.75, 3.05) is 13.1 Å². The number of aliphatic carboxylic acids is 1. The molecule has 20 heavy (non-hydrogen) atoms. The van der Waals surface area contributed by atoms with E-state index in [-0.39, 0.29) is 37.5 Å². The lowest BCUT2D eigenvalue weighted by Gasteiger charge is -2.41. The Labute approximate surface area is 117 Å². The summed E-state index contributed by atoms with van der Waals surface area (Å²) in [5, 5.41) is 8.93. The van der Waals surface area contributed by atoms with Crippen LogP contribution in [0.15, 0.2) is 0 Å². The zero-order valence-corrected chi connectivity index (χ0v) is 11.7. The minimum absolute atomic E-state index is 0.0863. The molecule has 1 heterocycles. The van der Waals surface area contributed by atoms with E-state index in [0.29, 0.717) is 25.9 Å². The number of carboxylic acid groups (broad SMARTS) is 1. The zero-order chi connectivity index (χ0) is 15.0. The molecule has 114 valence electrons. The number of piperidine rings is 1. The van der Waals surface area contributed by atoms with Crippen LogP contribution < -0.4 is 0 Å². The molecule has 0 radical (unpaired) electrons. The van der Waals surface area contributed by atoms with Gasteiger partial charge in [0.05, 0.1) is 5.92 Å². The molecule has 2 fully saturated rings. The number of carbonyl (C=O) groups is 2. The van der Waals surface area contributed by atoms with Crippen molar-refractivity contribution in [2.45, 2.75) is 51.4 Å². The average molecular weight is 289 g/mol. The summed E-state index contributed by atoms with van der Waals surface area (Å²) in [6, 6.07) is 0. The van der Waals surface area contributed by atoms with Crippen molar-refractivity contribution in [3.05, 3.63) is 0 Å². The summed E-state index contributed by atoms with van der Waals surface area (Å²) in [4.78, 5) is 25.0. The first kappa shape index (κ1) is 15.2. The van der Waals surface area contributed by atoms with Gasteiger partial charge in [0.15, 0.2) is 0 Å². The van der Waals surface area contributed by atoms with E-state index in [9.17, 15) is 18.4 Å². The first-order chi connectivity index (χ1) is 9.23. The predicted molar refractivity (Wildman–Crippen MR) is 68.5 cm³/mol. The number of nitrogens with zero attached hydrogens (tertiary/aromatic N) is 1.